The molecule has 4 nitrogen and oxygen atoms in total. The first-order valence-corrected chi connectivity index (χ1v) is 3.88. The SMILES string of the molecule is SC1(c2ccccc2)N=NN=N1. The lowest BCUT2D eigenvalue weighted by Crippen LogP contribution is -2.08. The zero-order valence-electron chi connectivity index (χ0n) is 6.12. The van der Waals surface area contributed by atoms with Crippen molar-refractivity contribution in [1.82, 2.24) is 0 Å². The van der Waals surface area contributed by atoms with Crippen LogP contribution in [0.15, 0.2) is 51.0 Å². The number of hydrogen-bond acceptors (Lipinski definition) is 5. The van der Waals surface area contributed by atoms with Gasteiger partial charge in [-0.2, -0.15) is 0 Å². The smallest absolute Gasteiger partial charge is 0.118 e. The van der Waals surface area contributed by atoms with Crippen molar-refractivity contribution in [3.8, 4) is 0 Å². The first-order valence-electron chi connectivity index (χ1n) is 3.43. The largest absolute Gasteiger partial charge is 0.262 e. The third-order valence-corrected chi connectivity index (χ3v) is 2.01. The summed E-state index contributed by atoms with van der Waals surface area (Å²) in [4.78, 5) is -0.902. The van der Waals surface area contributed by atoms with Gasteiger partial charge in [-0.25, -0.2) is 0 Å². The average molecular weight is 178 g/mol. The van der Waals surface area contributed by atoms with E-state index < -0.39 is 4.99 Å². The lowest BCUT2D eigenvalue weighted by molar-refractivity contribution is 0.696. The van der Waals surface area contributed by atoms with Gasteiger partial charge in [0.05, 0.1) is 0 Å². The molecule has 1 heterocycles. The Bertz CT molecular complexity index is 321. The Labute approximate surface area is 74.8 Å². The van der Waals surface area contributed by atoms with Gasteiger partial charge in [0, 0.05) is 5.56 Å². The van der Waals surface area contributed by atoms with Gasteiger partial charge in [-0.05, 0) is 10.4 Å². The second kappa shape index (κ2) is 2.67. The third-order valence-electron chi connectivity index (χ3n) is 1.57. The third kappa shape index (κ3) is 1.12. The van der Waals surface area contributed by atoms with Gasteiger partial charge in [0.25, 0.3) is 4.99 Å². The summed E-state index contributed by atoms with van der Waals surface area (Å²) in [6, 6.07) is 9.49. The molecule has 0 fully saturated rings. The fourth-order valence-electron chi connectivity index (χ4n) is 0.962. The Hall–Kier alpha value is -1.23. The van der Waals surface area contributed by atoms with E-state index in [1.165, 1.54) is 0 Å². The van der Waals surface area contributed by atoms with Crippen LogP contribution in [0.2, 0.25) is 0 Å². The monoisotopic (exact) mass is 178 g/mol. The molecule has 1 aromatic carbocycles. The molecule has 0 saturated heterocycles. The molecule has 5 heteroatoms. The topological polar surface area (TPSA) is 49.4 Å². The van der Waals surface area contributed by atoms with Crippen LogP contribution in [0.4, 0.5) is 0 Å². The van der Waals surface area contributed by atoms with Crippen LogP contribution in [-0.2, 0) is 4.99 Å². The number of thiol groups is 1. The van der Waals surface area contributed by atoms with E-state index in [9.17, 15) is 0 Å². The van der Waals surface area contributed by atoms with Crippen molar-refractivity contribution >= 4 is 12.6 Å². The molecule has 2 rings (SSSR count). The molecular weight excluding hydrogens is 172 g/mol. The summed E-state index contributed by atoms with van der Waals surface area (Å²) >= 11 is 4.25. The highest BCUT2D eigenvalue weighted by molar-refractivity contribution is 7.81. The highest BCUT2D eigenvalue weighted by Crippen LogP contribution is 2.35. The van der Waals surface area contributed by atoms with Crippen molar-refractivity contribution < 1.29 is 0 Å². The van der Waals surface area contributed by atoms with Gasteiger partial charge in [-0.15, -0.1) is 22.9 Å². The van der Waals surface area contributed by atoms with Crippen molar-refractivity contribution in [2.75, 3.05) is 0 Å². The molecule has 1 aliphatic rings. The van der Waals surface area contributed by atoms with Crippen molar-refractivity contribution in [3.05, 3.63) is 35.9 Å². The van der Waals surface area contributed by atoms with Gasteiger partial charge in [-0.1, -0.05) is 30.3 Å². The highest BCUT2D eigenvalue weighted by atomic mass is 32.1. The zero-order chi connectivity index (χ0) is 8.44. The van der Waals surface area contributed by atoms with E-state index in [2.05, 4.69) is 33.3 Å². The van der Waals surface area contributed by atoms with Crippen LogP contribution in [0, 0.1) is 0 Å². The van der Waals surface area contributed by atoms with Gasteiger partial charge in [0.15, 0.2) is 0 Å². The molecule has 0 saturated carbocycles. The summed E-state index contributed by atoms with van der Waals surface area (Å²) in [5.41, 5.74) is 0.873. The van der Waals surface area contributed by atoms with Crippen LogP contribution in [0.1, 0.15) is 5.56 Å². The normalized spacial score (nSPS) is 18.4. The summed E-state index contributed by atoms with van der Waals surface area (Å²) < 4.78 is 0. The van der Waals surface area contributed by atoms with Crippen LogP contribution in [-0.4, -0.2) is 0 Å². The van der Waals surface area contributed by atoms with Crippen LogP contribution < -0.4 is 0 Å². The van der Waals surface area contributed by atoms with Crippen LogP contribution in [0.5, 0.6) is 0 Å². The first-order chi connectivity index (χ1) is 5.81. The van der Waals surface area contributed by atoms with Gasteiger partial charge in [0.1, 0.15) is 0 Å². The molecule has 0 unspecified atom stereocenters. The fourth-order valence-corrected chi connectivity index (χ4v) is 1.19. The summed E-state index contributed by atoms with van der Waals surface area (Å²) in [5.74, 6) is 0. The summed E-state index contributed by atoms with van der Waals surface area (Å²) in [6.07, 6.45) is 0. The second-order valence-corrected chi connectivity index (χ2v) is 3.00. The Morgan fingerprint density at radius 1 is 1.00 bits per heavy atom. The Morgan fingerprint density at radius 3 is 2.17 bits per heavy atom. The number of benzene rings is 1. The Morgan fingerprint density at radius 2 is 1.58 bits per heavy atom. The number of rotatable bonds is 1. The minimum absolute atomic E-state index is 0.873. The van der Waals surface area contributed by atoms with Gasteiger partial charge >= 0.3 is 0 Å². The molecule has 0 aromatic heterocycles. The van der Waals surface area contributed by atoms with Gasteiger partial charge < -0.3 is 0 Å². The van der Waals surface area contributed by atoms with Crippen LogP contribution in [0.25, 0.3) is 0 Å². The van der Waals surface area contributed by atoms with Crippen molar-refractivity contribution in [1.29, 1.82) is 0 Å². The molecular formula is C7H6N4S. The molecule has 1 aliphatic heterocycles. The molecule has 0 amide bonds. The van der Waals surface area contributed by atoms with E-state index in [4.69, 9.17) is 0 Å². The van der Waals surface area contributed by atoms with Crippen LogP contribution in [0.3, 0.4) is 0 Å². The van der Waals surface area contributed by atoms with E-state index in [0.717, 1.165) is 5.56 Å². The average Bonchev–Trinajstić information content (AvgIpc) is 2.55. The zero-order valence-corrected chi connectivity index (χ0v) is 7.02. The minimum Gasteiger partial charge on any atom is -0.118 e. The standard InChI is InChI=1S/C7H6N4S/c12-7(8-10-11-9-7)6-4-2-1-3-5-6/h1-5,12H. The van der Waals surface area contributed by atoms with E-state index in [0.29, 0.717) is 0 Å². The molecule has 0 bridgehead atoms. The van der Waals surface area contributed by atoms with Gasteiger partial charge in [-0.3, -0.25) is 0 Å². The fraction of sp³-hybridized carbons (Fsp3) is 0.143. The van der Waals surface area contributed by atoms with Crippen molar-refractivity contribution in [3.63, 3.8) is 0 Å². The maximum Gasteiger partial charge on any atom is 0.262 e. The maximum atomic E-state index is 4.25. The molecule has 1 aromatic rings. The predicted octanol–water partition coefficient (Wildman–Crippen LogP) is 2.56. The van der Waals surface area contributed by atoms with Gasteiger partial charge in [0.2, 0.25) is 0 Å². The lowest BCUT2D eigenvalue weighted by Gasteiger charge is -2.11. The molecule has 0 radical (unpaired) electrons. The minimum atomic E-state index is -0.902. The summed E-state index contributed by atoms with van der Waals surface area (Å²) in [5, 5.41) is 14.4. The van der Waals surface area contributed by atoms with E-state index in [1.54, 1.807) is 0 Å². The summed E-state index contributed by atoms with van der Waals surface area (Å²) in [7, 11) is 0. The number of hydrogen-bond donors (Lipinski definition) is 1. The van der Waals surface area contributed by atoms with E-state index in [1.807, 2.05) is 30.3 Å². The molecule has 0 N–H and O–H groups in total. The first kappa shape index (κ1) is 7.42. The molecule has 12 heavy (non-hydrogen) atoms. The Balaban J connectivity index is 2.43. The molecule has 60 valence electrons. The van der Waals surface area contributed by atoms with Crippen molar-refractivity contribution in [2.24, 2.45) is 20.7 Å². The van der Waals surface area contributed by atoms with E-state index in [-0.39, 0.29) is 0 Å². The molecule has 0 spiro atoms. The predicted molar refractivity (Wildman–Crippen MR) is 46.8 cm³/mol. The quantitative estimate of drug-likeness (QED) is 0.642. The lowest BCUT2D eigenvalue weighted by atomic mass is 10.2. The van der Waals surface area contributed by atoms with Crippen LogP contribution >= 0.6 is 12.6 Å². The Kier molecular flexibility index (Phi) is 1.65. The molecule has 0 atom stereocenters. The van der Waals surface area contributed by atoms with Crippen molar-refractivity contribution in [2.45, 2.75) is 4.99 Å². The molecule has 0 aliphatic carbocycles. The number of nitrogens with zero attached hydrogens (tertiary/aromatic N) is 4. The summed E-state index contributed by atoms with van der Waals surface area (Å²) in [6.45, 7) is 0. The highest BCUT2D eigenvalue weighted by Gasteiger charge is 2.29. The van der Waals surface area contributed by atoms with E-state index >= 15 is 0 Å². The second-order valence-electron chi connectivity index (χ2n) is 2.38. The maximum absolute atomic E-state index is 4.25.